The molecule has 0 fully saturated rings. The molecule has 0 amide bonds. The molecule has 2 aromatic rings. The Morgan fingerprint density at radius 3 is 1.10 bits per heavy atom. The van der Waals surface area contributed by atoms with Gasteiger partial charge in [0.15, 0.2) is 0 Å². The van der Waals surface area contributed by atoms with Gasteiger partial charge in [-0.05, 0) is 0 Å². The van der Waals surface area contributed by atoms with Crippen LogP contribution < -0.4 is 18.7 Å². The van der Waals surface area contributed by atoms with Gasteiger partial charge in [0.1, 0.15) is 0 Å². The molecule has 20 heavy (non-hydrogen) atoms. The Hall–Kier alpha value is -0.381. The van der Waals surface area contributed by atoms with Crippen LogP contribution in [0.25, 0.3) is 0 Å². The Bertz CT molecular complexity index is 547. The van der Waals surface area contributed by atoms with Crippen LogP contribution in [0.1, 0.15) is 22.3 Å². The van der Waals surface area contributed by atoms with Crippen molar-refractivity contribution in [3.63, 3.8) is 0 Å². The number of aryl methyl sites for hydroxylation is 4. The monoisotopic (exact) mass is 500 g/mol. The van der Waals surface area contributed by atoms with E-state index in [9.17, 15) is 0 Å². The van der Waals surface area contributed by atoms with Crippen molar-refractivity contribution in [2.45, 2.75) is 27.7 Å². The molecule has 0 aliphatic carbocycles. The third kappa shape index (κ3) is 3.63. The van der Waals surface area contributed by atoms with E-state index in [0.717, 1.165) is 11.4 Å². The molecule has 0 aliphatic heterocycles. The summed E-state index contributed by atoms with van der Waals surface area (Å²) < 4.78 is 3.07. The zero-order chi connectivity index (χ0) is 14.9. The quantitative estimate of drug-likeness (QED) is 0.499. The fourth-order valence-corrected chi connectivity index (χ4v) is 12.5. The van der Waals surface area contributed by atoms with Crippen LogP contribution >= 0.6 is 0 Å². The first-order valence-corrected chi connectivity index (χ1v) is 16.1. The molecule has 2 nitrogen and oxygen atoms in total. The van der Waals surface area contributed by atoms with E-state index in [2.05, 4.69) is 52.0 Å². The van der Waals surface area contributed by atoms with E-state index in [4.69, 9.17) is 11.5 Å². The molecular weight excluding hydrogens is 475 g/mol. The van der Waals surface area contributed by atoms with Gasteiger partial charge >= 0.3 is 138 Å². The van der Waals surface area contributed by atoms with E-state index in [0.29, 0.717) is 0 Å². The van der Waals surface area contributed by atoms with Gasteiger partial charge in [0.2, 0.25) is 0 Å². The fraction of sp³-hybridized carbons (Fsp3) is 0.250. The molecule has 0 spiro atoms. The summed E-state index contributed by atoms with van der Waals surface area (Å²) in [6.45, 7) is 8.43. The van der Waals surface area contributed by atoms with Crippen molar-refractivity contribution in [3.05, 3.63) is 46.5 Å². The van der Waals surface area contributed by atoms with Crippen molar-refractivity contribution >= 4 is 52.7 Å². The Morgan fingerprint density at radius 2 is 0.850 bits per heavy atom. The Kier molecular flexibility index (Phi) is 5.27. The molecule has 2 aromatic carbocycles. The molecule has 0 saturated carbocycles. The van der Waals surface area contributed by atoms with Crippen molar-refractivity contribution in [2.24, 2.45) is 0 Å². The van der Waals surface area contributed by atoms with Crippen LogP contribution in [0.5, 0.6) is 0 Å². The molecule has 2 rings (SSSR count). The summed E-state index contributed by atoms with van der Waals surface area (Å²) in [5.74, 6) is 0. The van der Waals surface area contributed by atoms with Gasteiger partial charge in [-0.15, -0.1) is 0 Å². The van der Waals surface area contributed by atoms with Gasteiger partial charge in [-0.3, -0.25) is 0 Å². The maximum absolute atomic E-state index is 6.03. The summed E-state index contributed by atoms with van der Waals surface area (Å²) in [6.07, 6.45) is 0. The SMILES string of the molecule is Cc1cc([Te][Te]c2cc(C)c(N)c(C)c2)cc(C)c1N. The second kappa shape index (κ2) is 6.59. The molecule has 0 bridgehead atoms. The molecule has 0 saturated heterocycles. The number of anilines is 2. The summed E-state index contributed by atoms with van der Waals surface area (Å²) in [5.41, 5.74) is 18.8. The standard InChI is InChI=1S/C16H20N2Te2/c1-9-5-13(6-10(2)15(9)17)19-20-14-7-11(3)16(18)12(4)8-14/h5-8H,17-18H2,1-4H3. The second-order valence-electron chi connectivity index (χ2n) is 5.11. The van der Waals surface area contributed by atoms with Crippen molar-refractivity contribution in [1.82, 2.24) is 0 Å². The number of rotatable bonds is 3. The molecule has 106 valence electrons. The van der Waals surface area contributed by atoms with E-state index in [1.165, 1.54) is 29.5 Å². The molecule has 0 unspecified atom stereocenters. The van der Waals surface area contributed by atoms with Gasteiger partial charge in [-0.2, -0.15) is 0 Å². The Morgan fingerprint density at radius 1 is 0.600 bits per heavy atom. The second-order valence-corrected chi connectivity index (χ2v) is 15.1. The Labute approximate surface area is 137 Å². The maximum atomic E-state index is 6.03. The first kappa shape index (κ1) is 16.0. The third-order valence-electron chi connectivity index (χ3n) is 3.37. The normalized spacial score (nSPS) is 10.8. The topological polar surface area (TPSA) is 52.0 Å². The predicted molar refractivity (Wildman–Crippen MR) is 91.4 cm³/mol. The van der Waals surface area contributed by atoms with Crippen molar-refractivity contribution in [3.8, 4) is 0 Å². The van der Waals surface area contributed by atoms with E-state index in [1.807, 2.05) is 0 Å². The summed E-state index contributed by atoms with van der Waals surface area (Å²) >= 11 is -0.186. The number of benzene rings is 2. The van der Waals surface area contributed by atoms with Gasteiger partial charge in [0.25, 0.3) is 0 Å². The Balaban J connectivity index is 2.17. The minimum absolute atomic E-state index is 0.0932. The van der Waals surface area contributed by atoms with Crippen LogP contribution in [0, 0.1) is 27.7 Å². The predicted octanol–water partition coefficient (Wildman–Crippen LogP) is 1.36. The summed E-state index contributed by atoms with van der Waals surface area (Å²) in [4.78, 5) is 0. The molecular formula is C16H20N2Te2. The van der Waals surface area contributed by atoms with Gasteiger partial charge in [0.05, 0.1) is 0 Å². The van der Waals surface area contributed by atoms with Crippen molar-refractivity contribution < 1.29 is 0 Å². The minimum atomic E-state index is -0.0932. The van der Waals surface area contributed by atoms with Crippen molar-refractivity contribution in [2.75, 3.05) is 11.5 Å². The van der Waals surface area contributed by atoms with E-state index < -0.39 is 0 Å². The fourth-order valence-electron chi connectivity index (χ4n) is 2.06. The number of hydrogen-bond donors (Lipinski definition) is 2. The zero-order valence-corrected chi connectivity index (χ0v) is 16.9. The number of nitrogens with two attached hydrogens (primary N) is 2. The van der Waals surface area contributed by atoms with Gasteiger partial charge in [0, 0.05) is 0 Å². The summed E-state index contributed by atoms with van der Waals surface area (Å²) in [5, 5.41) is 0. The van der Waals surface area contributed by atoms with Crippen LogP contribution in [0.3, 0.4) is 0 Å². The third-order valence-corrected chi connectivity index (χ3v) is 15.0. The number of nitrogen functional groups attached to an aromatic ring is 2. The van der Waals surface area contributed by atoms with Crippen LogP contribution in [0.2, 0.25) is 0 Å². The zero-order valence-electron chi connectivity index (χ0n) is 12.3. The first-order chi connectivity index (χ1) is 9.38. The molecule has 0 radical (unpaired) electrons. The summed E-state index contributed by atoms with van der Waals surface area (Å²) in [7, 11) is 0. The van der Waals surface area contributed by atoms with Crippen LogP contribution in [-0.4, -0.2) is 34.1 Å². The van der Waals surface area contributed by atoms with Gasteiger partial charge in [-0.1, -0.05) is 0 Å². The van der Waals surface area contributed by atoms with Crippen LogP contribution in [0.15, 0.2) is 24.3 Å². The molecule has 4 N–H and O–H groups in total. The van der Waals surface area contributed by atoms with Gasteiger partial charge in [-0.25, -0.2) is 0 Å². The van der Waals surface area contributed by atoms with Crippen LogP contribution in [0.4, 0.5) is 11.4 Å². The molecule has 0 aliphatic rings. The van der Waals surface area contributed by atoms with Gasteiger partial charge < -0.3 is 0 Å². The van der Waals surface area contributed by atoms with E-state index >= 15 is 0 Å². The molecule has 4 heteroatoms. The molecule has 0 aromatic heterocycles. The van der Waals surface area contributed by atoms with E-state index in [1.54, 1.807) is 0 Å². The van der Waals surface area contributed by atoms with E-state index in [-0.39, 0.29) is 34.1 Å². The van der Waals surface area contributed by atoms with Crippen LogP contribution in [-0.2, 0) is 0 Å². The molecule has 0 atom stereocenters. The number of hydrogen-bond acceptors (Lipinski definition) is 2. The first-order valence-electron chi connectivity index (χ1n) is 6.46. The average molecular weight is 496 g/mol. The molecule has 0 heterocycles. The average Bonchev–Trinajstić information content (AvgIpc) is 2.39. The summed E-state index contributed by atoms with van der Waals surface area (Å²) in [6, 6.07) is 9.14. The van der Waals surface area contributed by atoms with Crippen molar-refractivity contribution in [1.29, 1.82) is 0 Å².